The summed E-state index contributed by atoms with van der Waals surface area (Å²) in [6.07, 6.45) is 4.00. The first kappa shape index (κ1) is 21.9. The summed E-state index contributed by atoms with van der Waals surface area (Å²) in [6.45, 7) is 6.31. The van der Waals surface area contributed by atoms with Gasteiger partial charge in [0.1, 0.15) is 5.75 Å². The highest BCUT2D eigenvalue weighted by molar-refractivity contribution is 5.51. The molecule has 0 spiro atoms. The van der Waals surface area contributed by atoms with Crippen LogP contribution in [-0.4, -0.2) is 32.5 Å². The van der Waals surface area contributed by atoms with E-state index in [4.69, 9.17) is 14.2 Å². The largest absolute Gasteiger partial charge is 0.507 e. The van der Waals surface area contributed by atoms with Gasteiger partial charge in [-0.25, -0.2) is 0 Å². The molecule has 2 aromatic rings. The number of aryl methyl sites for hydroxylation is 2. The molecular formula is C23H33NO4. The van der Waals surface area contributed by atoms with E-state index in [1.54, 1.807) is 14.2 Å². The van der Waals surface area contributed by atoms with Crippen LogP contribution in [0.15, 0.2) is 30.3 Å². The van der Waals surface area contributed by atoms with Crippen LogP contribution in [0.4, 0.5) is 0 Å². The number of phenols is 1. The summed E-state index contributed by atoms with van der Waals surface area (Å²) in [4.78, 5) is 0. The predicted octanol–water partition coefficient (Wildman–Crippen LogP) is 4.62. The summed E-state index contributed by atoms with van der Waals surface area (Å²) < 4.78 is 16.6. The zero-order chi connectivity index (χ0) is 20.4. The van der Waals surface area contributed by atoms with Crippen LogP contribution >= 0.6 is 0 Å². The monoisotopic (exact) mass is 387 g/mol. The summed E-state index contributed by atoms with van der Waals surface area (Å²) in [5, 5.41) is 13.7. The Morgan fingerprint density at radius 3 is 2.39 bits per heavy atom. The number of hydrogen-bond donors (Lipinski definition) is 2. The minimum absolute atomic E-state index is 0.441. The third-order valence-corrected chi connectivity index (χ3v) is 4.69. The molecule has 2 rings (SSSR count). The Kier molecular flexibility index (Phi) is 8.95. The molecule has 5 heteroatoms. The van der Waals surface area contributed by atoms with E-state index in [0.717, 1.165) is 49.9 Å². The number of methoxy groups -OCH3 is 2. The normalized spacial score (nSPS) is 10.7. The van der Waals surface area contributed by atoms with Gasteiger partial charge >= 0.3 is 0 Å². The van der Waals surface area contributed by atoms with E-state index in [1.807, 2.05) is 31.2 Å². The van der Waals surface area contributed by atoms with Crippen LogP contribution in [0.25, 0.3) is 0 Å². The van der Waals surface area contributed by atoms with Crippen LogP contribution in [-0.2, 0) is 13.0 Å². The second kappa shape index (κ2) is 11.4. The lowest BCUT2D eigenvalue weighted by Crippen LogP contribution is -2.17. The number of unbranched alkanes of at least 4 members (excludes halogenated alkanes) is 1. The summed E-state index contributed by atoms with van der Waals surface area (Å²) in [7, 11) is 3.25. The van der Waals surface area contributed by atoms with Gasteiger partial charge in [0.2, 0.25) is 5.75 Å². The Labute approximate surface area is 168 Å². The Hall–Kier alpha value is -2.40. The van der Waals surface area contributed by atoms with Crippen LogP contribution in [0.1, 0.15) is 42.9 Å². The molecule has 28 heavy (non-hydrogen) atoms. The first-order chi connectivity index (χ1) is 13.6. The molecule has 0 fully saturated rings. The van der Waals surface area contributed by atoms with Gasteiger partial charge < -0.3 is 24.6 Å². The molecule has 0 atom stereocenters. The predicted molar refractivity (Wildman–Crippen MR) is 113 cm³/mol. The first-order valence-electron chi connectivity index (χ1n) is 9.96. The van der Waals surface area contributed by atoms with Crippen molar-refractivity contribution in [3.63, 3.8) is 0 Å². The fraction of sp³-hybridized carbons (Fsp3) is 0.478. The van der Waals surface area contributed by atoms with E-state index in [-0.39, 0.29) is 0 Å². The SMILES string of the molecule is CCCCc1cc(CNCCCOc2c(OC)cccc2OC)cc(C)c1O. The quantitative estimate of drug-likeness (QED) is 0.521. The van der Waals surface area contributed by atoms with Crippen molar-refractivity contribution in [2.24, 2.45) is 0 Å². The number of hydrogen-bond acceptors (Lipinski definition) is 5. The van der Waals surface area contributed by atoms with Gasteiger partial charge in [-0.05, 0) is 61.6 Å². The average Bonchev–Trinajstić information content (AvgIpc) is 2.71. The van der Waals surface area contributed by atoms with Gasteiger partial charge in [-0.3, -0.25) is 0 Å². The van der Waals surface area contributed by atoms with E-state index in [0.29, 0.717) is 29.6 Å². The minimum atomic E-state index is 0.441. The molecule has 0 saturated carbocycles. The zero-order valence-electron chi connectivity index (χ0n) is 17.5. The van der Waals surface area contributed by atoms with E-state index in [1.165, 1.54) is 5.56 Å². The van der Waals surface area contributed by atoms with Gasteiger partial charge in [0.05, 0.1) is 20.8 Å². The van der Waals surface area contributed by atoms with Crippen molar-refractivity contribution in [2.45, 2.75) is 46.1 Å². The van der Waals surface area contributed by atoms with Crippen molar-refractivity contribution in [1.82, 2.24) is 5.32 Å². The van der Waals surface area contributed by atoms with Crippen molar-refractivity contribution >= 4 is 0 Å². The summed E-state index contributed by atoms with van der Waals surface area (Å²) >= 11 is 0. The van der Waals surface area contributed by atoms with Crippen molar-refractivity contribution in [3.8, 4) is 23.0 Å². The van der Waals surface area contributed by atoms with E-state index in [9.17, 15) is 5.11 Å². The van der Waals surface area contributed by atoms with E-state index in [2.05, 4.69) is 18.3 Å². The maximum absolute atomic E-state index is 10.2. The first-order valence-corrected chi connectivity index (χ1v) is 9.96. The third kappa shape index (κ3) is 6.06. The maximum Gasteiger partial charge on any atom is 0.203 e. The highest BCUT2D eigenvalue weighted by atomic mass is 16.5. The maximum atomic E-state index is 10.2. The third-order valence-electron chi connectivity index (χ3n) is 4.69. The second-order valence-electron chi connectivity index (χ2n) is 6.89. The second-order valence-corrected chi connectivity index (χ2v) is 6.89. The van der Waals surface area contributed by atoms with Crippen LogP contribution in [0, 0.1) is 6.92 Å². The molecule has 154 valence electrons. The Bertz CT molecular complexity index is 723. The number of rotatable bonds is 12. The van der Waals surface area contributed by atoms with Crippen LogP contribution in [0.3, 0.4) is 0 Å². The lowest BCUT2D eigenvalue weighted by Gasteiger charge is -2.14. The van der Waals surface area contributed by atoms with Crippen molar-refractivity contribution in [2.75, 3.05) is 27.4 Å². The Balaban J connectivity index is 1.80. The Morgan fingerprint density at radius 1 is 1.04 bits per heavy atom. The molecule has 0 aliphatic heterocycles. The molecule has 0 aromatic heterocycles. The molecule has 2 N–H and O–H groups in total. The van der Waals surface area contributed by atoms with Gasteiger partial charge in [-0.1, -0.05) is 31.5 Å². The summed E-state index contributed by atoms with van der Waals surface area (Å²) in [6, 6.07) is 9.76. The van der Waals surface area contributed by atoms with Gasteiger partial charge in [0.15, 0.2) is 11.5 Å². The van der Waals surface area contributed by atoms with Gasteiger partial charge in [-0.2, -0.15) is 0 Å². The zero-order valence-corrected chi connectivity index (χ0v) is 17.5. The number of ether oxygens (including phenoxy) is 3. The standard InChI is InChI=1S/C23H33NO4/c1-5-6-9-19-15-18(14-17(2)22(19)25)16-24-12-8-13-28-23-20(26-3)10-7-11-21(23)27-4/h7,10-11,14-15,24-25H,5-6,8-9,12-13,16H2,1-4H3. The molecule has 2 aromatic carbocycles. The number of phenolic OH excluding ortho intramolecular Hbond substituents is 1. The molecule has 0 aliphatic carbocycles. The molecule has 0 heterocycles. The molecule has 0 unspecified atom stereocenters. The van der Waals surface area contributed by atoms with Crippen molar-refractivity contribution in [1.29, 1.82) is 0 Å². The van der Waals surface area contributed by atoms with Crippen LogP contribution in [0.2, 0.25) is 0 Å². The number of aromatic hydroxyl groups is 1. The van der Waals surface area contributed by atoms with Crippen LogP contribution in [0.5, 0.6) is 23.0 Å². The minimum Gasteiger partial charge on any atom is -0.507 e. The molecule has 0 radical (unpaired) electrons. The highest BCUT2D eigenvalue weighted by Crippen LogP contribution is 2.36. The summed E-state index contributed by atoms with van der Waals surface area (Å²) in [5.74, 6) is 2.43. The molecular weight excluding hydrogens is 354 g/mol. The van der Waals surface area contributed by atoms with Gasteiger partial charge in [-0.15, -0.1) is 0 Å². The average molecular weight is 388 g/mol. The molecule has 0 aliphatic rings. The molecule has 5 nitrogen and oxygen atoms in total. The molecule has 0 saturated heterocycles. The van der Waals surface area contributed by atoms with Gasteiger partial charge in [0, 0.05) is 6.54 Å². The highest BCUT2D eigenvalue weighted by Gasteiger charge is 2.11. The molecule has 0 bridgehead atoms. The lowest BCUT2D eigenvalue weighted by molar-refractivity contribution is 0.269. The fourth-order valence-corrected chi connectivity index (χ4v) is 3.16. The van der Waals surface area contributed by atoms with E-state index >= 15 is 0 Å². The summed E-state index contributed by atoms with van der Waals surface area (Å²) in [5.41, 5.74) is 3.19. The molecule has 0 amide bonds. The van der Waals surface area contributed by atoms with Crippen LogP contribution < -0.4 is 19.5 Å². The number of benzene rings is 2. The fourth-order valence-electron chi connectivity index (χ4n) is 3.16. The smallest absolute Gasteiger partial charge is 0.203 e. The Morgan fingerprint density at radius 2 is 1.75 bits per heavy atom. The number of para-hydroxylation sites is 1. The van der Waals surface area contributed by atoms with Crippen molar-refractivity contribution in [3.05, 3.63) is 47.0 Å². The van der Waals surface area contributed by atoms with Crippen molar-refractivity contribution < 1.29 is 19.3 Å². The van der Waals surface area contributed by atoms with E-state index < -0.39 is 0 Å². The number of nitrogens with one attached hydrogen (secondary N) is 1. The topological polar surface area (TPSA) is 60.0 Å². The lowest BCUT2D eigenvalue weighted by atomic mass is 10.0. The van der Waals surface area contributed by atoms with Gasteiger partial charge in [0.25, 0.3) is 0 Å².